The highest BCUT2D eigenvalue weighted by Crippen LogP contribution is 2.32. The summed E-state index contributed by atoms with van der Waals surface area (Å²) in [4.78, 5) is 14.3. The molecule has 22 heavy (non-hydrogen) atoms. The van der Waals surface area contributed by atoms with Crippen LogP contribution < -0.4 is 5.69 Å². The summed E-state index contributed by atoms with van der Waals surface area (Å²) in [5.41, 5.74) is -1.53. The molecule has 0 amide bonds. The molecule has 0 aliphatic heterocycles. The number of hydrogen-bond acceptors (Lipinski definition) is 3. The molecule has 5 nitrogen and oxygen atoms in total. The van der Waals surface area contributed by atoms with E-state index in [4.69, 9.17) is 0 Å². The Hall–Kier alpha value is -2.90. The van der Waals surface area contributed by atoms with E-state index in [1.54, 1.807) is 0 Å². The zero-order chi connectivity index (χ0) is 16.1. The van der Waals surface area contributed by atoms with Crippen LogP contribution in [0.4, 0.5) is 13.2 Å². The van der Waals surface area contributed by atoms with Gasteiger partial charge in [-0.05, 0) is 30.3 Å². The summed E-state index contributed by atoms with van der Waals surface area (Å²) < 4.78 is 39.1. The fourth-order valence-corrected chi connectivity index (χ4v) is 2.22. The number of hydrogen-bond donors (Lipinski definition) is 3. The molecule has 0 saturated carbocycles. The molecular weight excluding hydrogens is 301 g/mol. The largest absolute Gasteiger partial charge is 0.508 e. The Morgan fingerprint density at radius 1 is 1.05 bits per heavy atom. The van der Waals surface area contributed by atoms with Crippen LogP contribution in [-0.2, 0) is 6.18 Å². The summed E-state index contributed by atoms with van der Waals surface area (Å²) in [7, 11) is 0. The van der Waals surface area contributed by atoms with Crippen molar-refractivity contribution in [3.63, 3.8) is 0 Å². The molecule has 0 unspecified atom stereocenters. The first-order chi connectivity index (χ1) is 10.3. The lowest BCUT2D eigenvalue weighted by Gasteiger charge is -2.08. The van der Waals surface area contributed by atoms with Crippen molar-refractivity contribution in [3.8, 4) is 17.2 Å². The minimum absolute atomic E-state index is 0.0254. The number of rotatable bonds is 1. The van der Waals surface area contributed by atoms with Crippen molar-refractivity contribution >= 4 is 11.0 Å². The van der Waals surface area contributed by atoms with Gasteiger partial charge in [-0.3, -0.25) is 4.57 Å². The molecule has 0 saturated heterocycles. The molecule has 1 heterocycles. The number of aromatic amines is 1. The number of imidazole rings is 1. The van der Waals surface area contributed by atoms with Crippen LogP contribution in [0, 0.1) is 0 Å². The fourth-order valence-electron chi connectivity index (χ4n) is 2.22. The molecule has 0 fully saturated rings. The first-order valence-corrected chi connectivity index (χ1v) is 6.12. The van der Waals surface area contributed by atoms with E-state index in [2.05, 4.69) is 4.98 Å². The predicted octanol–water partition coefficient (Wildman–Crippen LogP) is 2.75. The van der Waals surface area contributed by atoms with Gasteiger partial charge in [-0.15, -0.1) is 0 Å². The third-order valence-corrected chi connectivity index (χ3v) is 3.21. The Kier molecular flexibility index (Phi) is 2.91. The van der Waals surface area contributed by atoms with E-state index < -0.39 is 17.4 Å². The van der Waals surface area contributed by atoms with Crippen molar-refractivity contribution in [2.75, 3.05) is 0 Å². The Bertz CT molecular complexity index is 925. The van der Waals surface area contributed by atoms with Gasteiger partial charge in [-0.2, -0.15) is 13.2 Å². The molecule has 0 aliphatic carbocycles. The maximum atomic E-state index is 12.7. The number of fused-ring (bicyclic) bond motifs is 1. The van der Waals surface area contributed by atoms with Crippen LogP contribution in [0.15, 0.2) is 41.2 Å². The Labute approximate surface area is 120 Å². The van der Waals surface area contributed by atoms with Gasteiger partial charge in [0.15, 0.2) is 0 Å². The molecule has 2 aromatic carbocycles. The van der Waals surface area contributed by atoms with Gasteiger partial charge < -0.3 is 15.2 Å². The molecule has 0 bridgehead atoms. The molecule has 8 heteroatoms. The average molecular weight is 310 g/mol. The maximum absolute atomic E-state index is 12.7. The van der Waals surface area contributed by atoms with Crippen LogP contribution in [0.25, 0.3) is 16.7 Å². The minimum Gasteiger partial charge on any atom is -0.508 e. The standard InChI is InChI=1S/C14H9F3N2O3/c15-14(16,17)7-1-3-10-9(5-7)18-13(22)19(10)11-6-8(20)2-4-12(11)21/h1-6,20-21H,(H,18,22). The number of aromatic nitrogens is 2. The van der Waals surface area contributed by atoms with Gasteiger partial charge in [0, 0.05) is 6.07 Å². The van der Waals surface area contributed by atoms with Gasteiger partial charge >= 0.3 is 11.9 Å². The first-order valence-electron chi connectivity index (χ1n) is 6.12. The zero-order valence-corrected chi connectivity index (χ0v) is 10.8. The van der Waals surface area contributed by atoms with Crippen LogP contribution >= 0.6 is 0 Å². The number of halogens is 3. The van der Waals surface area contributed by atoms with E-state index in [1.165, 1.54) is 12.1 Å². The molecule has 3 N–H and O–H groups in total. The summed E-state index contributed by atoms with van der Waals surface area (Å²) in [6, 6.07) is 6.32. The average Bonchev–Trinajstić information content (AvgIpc) is 2.75. The van der Waals surface area contributed by atoms with Crippen LogP contribution in [-0.4, -0.2) is 19.8 Å². The second kappa shape index (κ2) is 4.55. The molecular formula is C14H9F3N2O3. The van der Waals surface area contributed by atoms with E-state index >= 15 is 0 Å². The smallest absolute Gasteiger partial charge is 0.416 e. The molecule has 0 aliphatic rings. The third-order valence-electron chi connectivity index (χ3n) is 3.21. The van der Waals surface area contributed by atoms with Crippen LogP contribution in [0.1, 0.15) is 5.56 Å². The molecule has 114 valence electrons. The number of nitrogens with one attached hydrogen (secondary N) is 1. The summed E-state index contributed by atoms with van der Waals surface area (Å²) >= 11 is 0. The maximum Gasteiger partial charge on any atom is 0.416 e. The number of phenolic OH excluding ortho intramolecular Hbond substituents is 2. The second-order valence-corrected chi connectivity index (χ2v) is 4.67. The normalized spacial score (nSPS) is 12.0. The first kappa shape index (κ1) is 14.1. The van der Waals surface area contributed by atoms with Gasteiger partial charge in [-0.1, -0.05) is 0 Å². The number of H-pyrrole nitrogens is 1. The third kappa shape index (κ3) is 2.18. The van der Waals surface area contributed by atoms with Crippen molar-refractivity contribution < 1.29 is 23.4 Å². The van der Waals surface area contributed by atoms with Crippen LogP contribution in [0.3, 0.4) is 0 Å². The van der Waals surface area contributed by atoms with Crippen LogP contribution in [0.5, 0.6) is 11.5 Å². The SMILES string of the molecule is O=c1[nH]c2cc(C(F)(F)F)ccc2n1-c1cc(O)ccc1O. The predicted molar refractivity (Wildman–Crippen MR) is 72.2 cm³/mol. The van der Waals surface area contributed by atoms with Crippen molar-refractivity contribution in [1.82, 2.24) is 9.55 Å². The number of benzene rings is 2. The van der Waals surface area contributed by atoms with E-state index in [0.29, 0.717) is 0 Å². The van der Waals surface area contributed by atoms with E-state index in [0.717, 1.165) is 28.8 Å². The Balaban J connectivity index is 2.30. The highest BCUT2D eigenvalue weighted by molar-refractivity contribution is 5.79. The van der Waals surface area contributed by atoms with Crippen molar-refractivity contribution in [1.29, 1.82) is 0 Å². The summed E-state index contributed by atoms with van der Waals surface area (Å²) in [5, 5.41) is 19.3. The number of phenols is 2. The Morgan fingerprint density at radius 3 is 2.45 bits per heavy atom. The van der Waals surface area contributed by atoms with Gasteiger partial charge in [0.05, 0.1) is 22.3 Å². The molecule has 3 rings (SSSR count). The van der Waals surface area contributed by atoms with E-state index in [-0.39, 0.29) is 28.2 Å². The fraction of sp³-hybridized carbons (Fsp3) is 0.0714. The number of alkyl halides is 3. The Morgan fingerprint density at radius 2 is 1.77 bits per heavy atom. The van der Waals surface area contributed by atoms with Gasteiger partial charge in [0.2, 0.25) is 0 Å². The van der Waals surface area contributed by atoms with Gasteiger partial charge in [0.25, 0.3) is 0 Å². The van der Waals surface area contributed by atoms with E-state index in [1.807, 2.05) is 0 Å². The zero-order valence-electron chi connectivity index (χ0n) is 10.8. The second-order valence-electron chi connectivity index (χ2n) is 4.67. The van der Waals surface area contributed by atoms with Gasteiger partial charge in [0.1, 0.15) is 11.5 Å². The molecule has 0 atom stereocenters. The topological polar surface area (TPSA) is 78.2 Å². The quantitative estimate of drug-likeness (QED) is 0.605. The summed E-state index contributed by atoms with van der Waals surface area (Å²) in [6.45, 7) is 0. The molecule has 1 aromatic heterocycles. The summed E-state index contributed by atoms with van der Waals surface area (Å²) in [5.74, 6) is -0.485. The lowest BCUT2D eigenvalue weighted by molar-refractivity contribution is -0.137. The molecule has 0 radical (unpaired) electrons. The van der Waals surface area contributed by atoms with Crippen LogP contribution in [0.2, 0.25) is 0 Å². The number of aromatic hydroxyl groups is 2. The number of nitrogens with zero attached hydrogens (tertiary/aromatic N) is 1. The van der Waals surface area contributed by atoms with Gasteiger partial charge in [-0.25, -0.2) is 4.79 Å². The summed E-state index contributed by atoms with van der Waals surface area (Å²) in [6.07, 6.45) is -4.53. The lowest BCUT2D eigenvalue weighted by atomic mass is 10.2. The highest BCUT2D eigenvalue weighted by Gasteiger charge is 2.31. The monoisotopic (exact) mass is 310 g/mol. The van der Waals surface area contributed by atoms with E-state index in [9.17, 15) is 28.2 Å². The molecule has 0 spiro atoms. The minimum atomic E-state index is -4.53. The van der Waals surface area contributed by atoms with Crippen molar-refractivity contribution in [3.05, 3.63) is 52.4 Å². The van der Waals surface area contributed by atoms with Crippen molar-refractivity contribution in [2.24, 2.45) is 0 Å². The highest BCUT2D eigenvalue weighted by atomic mass is 19.4. The molecule has 3 aromatic rings. The van der Waals surface area contributed by atoms with Crippen molar-refractivity contribution in [2.45, 2.75) is 6.18 Å². The lowest BCUT2D eigenvalue weighted by Crippen LogP contribution is -2.14.